The van der Waals surface area contributed by atoms with Crippen LogP contribution >= 0.6 is 0 Å². The van der Waals surface area contributed by atoms with Gasteiger partial charge in [-0.25, -0.2) is 0 Å². The Bertz CT molecular complexity index is 588. The first-order valence-corrected chi connectivity index (χ1v) is 5.53. The van der Waals surface area contributed by atoms with Gasteiger partial charge in [0, 0.05) is 10.5 Å². The molecular weight excluding hydrogens is 230 g/mol. The lowest BCUT2D eigenvalue weighted by Crippen LogP contribution is -2.19. The number of aliphatic carboxylic acids is 1. The number of azide groups is 1. The molecule has 1 aliphatic rings. The van der Waals surface area contributed by atoms with E-state index in [0.717, 1.165) is 11.1 Å². The molecule has 2 rings (SSSR count). The SMILES string of the molecule is [N-]=[N+]=NCC#Cc1cccc(C2(C(=O)O)CC2)c1. The quantitative estimate of drug-likeness (QED) is 0.381. The third-order valence-corrected chi connectivity index (χ3v) is 3.02. The largest absolute Gasteiger partial charge is 0.481 e. The highest BCUT2D eigenvalue weighted by atomic mass is 16.4. The summed E-state index contributed by atoms with van der Waals surface area (Å²) in [6.45, 7) is 0.116. The molecule has 0 heterocycles. The van der Waals surface area contributed by atoms with Crippen LogP contribution in [-0.4, -0.2) is 17.6 Å². The molecule has 0 aromatic heterocycles. The van der Waals surface area contributed by atoms with Crippen molar-refractivity contribution in [2.45, 2.75) is 18.3 Å². The number of benzene rings is 1. The Labute approximate surface area is 104 Å². The van der Waals surface area contributed by atoms with Crippen molar-refractivity contribution in [1.29, 1.82) is 0 Å². The van der Waals surface area contributed by atoms with Crippen LogP contribution in [0.3, 0.4) is 0 Å². The predicted molar refractivity (Wildman–Crippen MR) is 65.9 cm³/mol. The van der Waals surface area contributed by atoms with Crippen LogP contribution in [0.1, 0.15) is 24.0 Å². The average Bonchev–Trinajstić information content (AvgIpc) is 3.16. The summed E-state index contributed by atoms with van der Waals surface area (Å²) in [5, 5.41) is 12.5. The number of rotatable bonds is 3. The van der Waals surface area contributed by atoms with Crippen molar-refractivity contribution >= 4 is 5.97 Å². The standard InChI is InChI=1S/C13H11N3O2/c14-16-15-8-2-4-10-3-1-5-11(9-10)13(6-7-13)12(17)18/h1,3,5,9H,6-8H2,(H,17,18). The van der Waals surface area contributed by atoms with E-state index < -0.39 is 11.4 Å². The van der Waals surface area contributed by atoms with Gasteiger partial charge in [0.2, 0.25) is 0 Å². The molecule has 0 amide bonds. The van der Waals surface area contributed by atoms with Crippen molar-refractivity contribution in [2.24, 2.45) is 5.11 Å². The van der Waals surface area contributed by atoms with Crippen molar-refractivity contribution in [2.75, 3.05) is 6.54 Å². The second-order valence-electron chi connectivity index (χ2n) is 4.16. The summed E-state index contributed by atoms with van der Waals surface area (Å²) in [4.78, 5) is 13.8. The van der Waals surface area contributed by atoms with Crippen molar-refractivity contribution in [3.63, 3.8) is 0 Å². The van der Waals surface area contributed by atoms with E-state index in [0.29, 0.717) is 12.8 Å². The maximum Gasteiger partial charge on any atom is 0.314 e. The van der Waals surface area contributed by atoms with E-state index in [2.05, 4.69) is 21.9 Å². The summed E-state index contributed by atoms with van der Waals surface area (Å²) < 4.78 is 0. The van der Waals surface area contributed by atoms with E-state index in [1.807, 2.05) is 12.1 Å². The fourth-order valence-corrected chi connectivity index (χ4v) is 1.85. The lowest BCUT2D eigenvalue weighted by atomic mass is 9.95. The summed E-state index contributed by atoms with van der Waals surface area (Å²) in [6, 6.07) is 7.23. The van der Waals surface area contributed by atoms with Gasteiger partial charge in [0.1, 0.15) is 0 Å². The molecule has 0 spiro atoms. The second kappa shape index (κ2) is 4.82. The van der Waals surface area contributed by atoms with Crippen LogP contribution in [0.25, 0.3) is 10.4 Å². The van der Waals surface area contributed by atoms with Crippen molar-refractivity contribution in [3.8, 4) is 11.8 Å². The summed E-state index contributed by atoms with van der Waals surface area (Å²) in [6.07, 6.45) is 1.36. The topological polar surface area (TPSA) is 86.1 Å². The molecule has 1 aliphatic carbocycles. The number of carbonyl (C=O) groups is 1. The van der Waals surface area contributed by atoms with Gasteiger partial charge >= 0.3 is 5.97 Å². The molecule has 5 heteroatoms. The Morgan fingerprint density at radius 1 is 1.56 bits per heavy atom. The van der Waals surface area contributed by atoms with Crippen LogP contribution in [-0.2, 0) is 10.2 Å². The van der Waals surface area contributed by atoms with Gasteiger partial charge in [-0.1, -0.05) is 29.1 Å². The van der Waals surface area contributed by atoms with E-state index in [1.165, 1.54) is 0 Å². The van der Waals surface area contributed by atoms with Crippen LogP contribution in [0.4, 0.5) is 0 Å². The minimum absolute atomic E-state index is 0.116. The summed E-state index contributed by atoms with van der Waals surface area (Å²) in [7, 11) is 0. The maximum absolute atomic E-state index is 11.2. The van der Waals surface area contributed by atoms with E-state index >= 15 is 0 Å². The number of carboxylic acid groups (broad SMARTS) is 1. The zero-order valence-electron chi connectivity index (χ0n) is 9.63. The fourth-order valence-electron chi connectivity index (χ4n) is 1.85. The molecule has 0 unspecified atom stereocenters. The van der Waals surface area contributed by atoms with Crippen LogP contribution in [0, 0.1) is 11.8 Å². The van der Waals surface area contributed by atoms with Crippen LogP contribution in [0.2, 0.25) is 0 Å². The minimum atomic E-state index is -0.776. The van der Waals surface area contributed by atoms with Crippen molar-refractivity contribution < 1.29 is 9.90 Å². The van der Waals surface area contributed by atoms with Crippen LogP contribution in [0.15, 0.2) is 29.4 Å². The molecule has 0 radical (unpaired) electrons. The highest BCUT2D eigenvalue weighted by Crippen LogP contribution is 2.48. The smallest absolute Gasteiger partial charge is 0.314 e. The van der Waals surface area contributed by atoms with Crippen LogP contribution < -0.4 is 0 Å². The molecular formula is C13H11N3O2. The van der Waals surface area contributed by atoms with Gasteiger partial charge in [0.05, 0.1) is 12.0 Å². The molecule has 90 valence electrons. The zero-order chi connectivity index (χ0) is 13.0. The normalized spacial score (nSPS) is 14.9. The fraction of sp³-hybridized carbons (Fsp3) is 0.308. The van der Waals surface area contributed by atoms with Gasteiger partial charge in [-0.3, -0.25) is 4.79 Å². The second-order valence-corrected chi connectivity index (χ2v) is 4.16. The molecule has 0 aliphatic heterocycles. The molecule has 0 saturated heterocycles. The minimum Gasteiger partial charge on any atom is -0.481 e. The lowest BCUT2D eigenvalue weighted by Gasteiger charge is -2.09. The van der Waals surface area contributed by atoms with E-state index in [4.69, 9.17) is 5.53 Å². The van der Waals surface area contributed by atoms with Gasteiger partial charge in [-0.05, 0) is 36.1 Å². The average molecular weight is 241 g/mol. The maximum atomic E-state index is 11.2. The molecule has 1 aromatic rings. The highest BCUT2D eigenvalue weighted by Gasteiger charge is 2.51. The zero-order valence-corrected chi connectivity index (χ0v) is 9.63. The number of carboxylic acids is 1. The van der Waals surface area contributed by atoms with Gasteiger partial charge in [-0.15, -0.1) is 0 Å². The lowest BCUT2D eigenvalue weighted by molar-refractivity contribution is -0.140. The third-order valence-electron chi connectivity index (χ3n) is 3.02. The van der Waals surface area contributed by atoms with E-state index in [-0.39, 0.29) is 6.54 Å². The first-order chi connectivity index (χ1) is 8.69. The van der Waals surface area contributed by atoms with Gasteiger partial charge in [0.25, 0.3) is 0 Å². The first kappa shape index (κ1) is 12.0. The molecule has 1 N–H and O–H groups in total. The van der Waals surface area contributed by atoms with Crippen molar-refractivity contribution in [3.05, 3.63) is 45.8 Å². The highest BCUT2D eigenvalue weighted by molar-refractivity contribution is 5.85. The number of nitrogens with zero attached hydrogens (tertiary/aromatic N) is 3. The molecule has 5 nitrogen and oxygen atoms in total. The number of hydrogen-bond acceptors (Lipinski definition) is 2. The van der Waals surface area contributed by atoms with E-state index in [1.54, 1.807) is 12.1 Å². The third kappa shape index (κ3) is 2.29. The van der Waals surface area contributed by atoms with Crippen LogP contribution in [0.5, 0.6) is 0 Å². The Morgan fingerprint density at radius 3 is 2.94 bits per heavy atom. The molecule has 0 bridgehead atoms. The Balaban J connectivity index is 2.22. The Morgan fingerprint density at radius 2 is 2.33 bits per heavy atom. The van der Waals surface area contributed by atoms with E-state index in [9.17, 15) is 9.90 Å². The molecule has 18 heavy (non-hydrogen) atoms. The van der Waals surface area contributed by atoms with Gasteiger partial charge < -0.3 is 5.11 Å². The molecule has 1 fully saturated rings. The first-order valence-electron chi connectivity index (χ1n) is 5.53. The molecule has 0 atom stereocenters. The van der Waals surface area contributed by atoms with Gasteiger partial charge in [0.15, 0.2) is 0 Å². The monoisotopic (exact) mass is 241 g/mol. The summed E-state index contributed by atoms with van der Waals surface area (Å²) >= 11 is 0. The molecule has 1 aromatic carbocycles. The van der Waals surface area contributed by atoms with Gasteiger partial charge in [-0.2, -0.15) is 0 Å². The summed E-state index contributed by atoms with van der Waals surface area (Å²) in [5.74, 6) is 4.79. The summed E-state index contributed by atoms with van der Waals surface area (Å²) in [5.41, 5.74) is 8.94. The Kier molecular flexibility index (Phi) is 3.22. The van der Waals surface area contributed by atoms with Crippen molar-refractivity contribution in [1.82, 2.24) is 0 Å². The Hall–Kier alpha value is -2.44. The molecule has 1 saturated carbocycles. The number of hydrogen-bond donors (Lipinski definition) is 1. The predicted octanol–water partition coefficient (Wildman–Crippen LogP) is 2.46.